The SMILES string of the molecule is CC(Sc1nnc(-c2cccs2)n1C)c1nc(-c2cccs2)no1. The van der Waals surface area contributed by atoms with Gasteiger partial charge in [-0.1, -0.05) is 29.1 Å². The summed E-state index contributed by atoms with van der Waals surface area (Å²) in [5.41, 5.74) is 0. The van der Waals surface area contributed by atoms with Crippen LogP contribution in [0.1, 0.15) is 18.1 Å². The number of hydrogen-bond donors (Lipinski definition) is 0. The molecule has 4 rings (SSSR count). The standard InChI is InChI=1S/C15H13N5OS3/c1-9(14-16-12(19-21-14)10-5-3-7-22-10)24-15-18-17-13(20(15)2)11-6-4-8-23-11/h3-9H,1-2H3. The van der Waals surface area contributed by atoms with Crippen LogP contribution in [0.15, 0.2) is 44.7 Å². The van der Waals surface area contributed by atoms with Crippen molar-refractivity contribution in [1.29, 1.82) is 0 Å². The minimum absolute atomic E-state index is 0.00898. The maximum atomic E-state index is 5.41. The molecular weight excluding hydrogens is 362 g/mol. The third-order valence-corrected chi connectivity index (χ3v) is 6.24. The molecule has 0 saturated heterocycles. The second-order valence-electron chi connectivity index (χ2n) is 5.04. The number of aromatic nitrogens is 5. The summed E-state index contributed by atoms with van der Waals surface area (Å²) in [6, 6.07) is 8.00. The minimum atomic E-state index is -0.00898. The zero-order chi connectivity index (χ0) is 16.5. The molecule has 0 amide bonds. The Morgan fingerprint density at radius 3 is 2.58 bits per heavy atom. The van der Waals surface area contributed by atoms with E-state index >= 15 is 0 Å². The summed E-state index contributed by atoms with van der Waals surface area (Å²) in [6.45, 7) is 2.02. The molecule has 1 atom stereocenters. The Labute approximate surface area is 150 Å². The van der Waals surface area contributed by atoms with Gasteiger partial charge in [0.2, 0.25) is 11.7 Å². The maximum Gasteiger partial charge on any atom is 0.240 e. The van der Waals surface area contributed by atoms with E-state index in [4.69, 9.17) is 4.52 Å². The van der Waals surface area contributed by atoms with Gasteiger partial charge in [0.25, 0.3) is 0 Å². The number of nitrogens with zero attached hydrogens (tertiary/aromatic N) is 5. The second-order valence-corrected chi connectivity index (χ2v) is 8.24. The Hall–Kier alpha value is -1.97. The lowest BCUT2D eigenvalue weighted by Crippen LogP contribution is -1.96. The first kappa shape index (κ1) is 15.6. The van der Waals surface area contributed by atoms with Gasteiger partial charge in [-0.25, -0.2) is 0 Å². The van der Waals surface area contributed by atoms with E-state index in [1.54, 1.807) is 34.4 Å². The molecule has 9 heteroatoms. The first-order valence-electron chi connectivity index (χ1n) is 7.20. The van der Waals surface area contributed by atoms with E-state index in [1.165, 1.54) is 0 Å². The van der Waals surface area contributed by atoms with Crippen molar-refractivity contribution in [3.63, 3.8) is 0 Å². The van der Waals surface area contributed by atoms with Gasteiger partial charge in [-0.2, -0.15) is 4.98 Å². The Bertz CT molecular complexity index is 927. The van der Waals surface area contributed by atoms with E-state index in [1.807, 2.05) is 53.6 Å². The fraction of sp³-hybridized carbons (Fsp3) is 0.200. The molecule has 0 bridgehead atoms. The molecule has 0 aromatic carbocycles. The van der Waals surface area contributed by atoms with Gasteiger partial charge >= 0.3 is 0 Å². The van der Waals surface area contributed by atoms with Gasteiger partial charge in [-0.15, -0.1) is 32.9 Å². The molecule has 0 aliphatic carbocycles. The van der Waals surface area contributed by atoms with Crippen molar-refractivity contribution in [3.05, 3.63) is 40.9 Å². The second kappa shape index (κ2) is 6.50. The molecule has 0 aliphatic rings. The van der Waals surface area contributed by atoms with E-state index in [2.05, 4.69) is 20.3 Å². The summed E-state index contributed by atoms with van der Waals surface area (Å²) < 4.78 is 7.40. The zero-order valence-electron chi connectivity index (χ0n) is 12.9. The lowest BCUT2D eigenvalue weighted by molar-refractivity contribution is 0.380. The molecule has 0 fully saturated rings. The highest BCUT2D eigenvalue weighted by molar-refractivity contribution is 7.99. The summed E-state index contributed by atoms with van der Waals surface area (Å²) in [4.78, 5) is 6.59. The van der Waals surface area contributed by atoms with Gasteiger partial charge in [0.1, 0.15) is 0 Å². The van der Waals surface area contributed by atoms with Crippen molar-refractivity contribution >= 4 is 34.4 Å². The Morgan fingerprint density at radius 1 is 1.12 bits per heavy atom. The van der Waals surface area contributed by atoms with E-state index < -0.39 is 0 Å². The Balaban J connectivity index is 1.53. The van der Waals surface area contributed by atoms with Gasteiger partial charge < -0.3 is 9.09 Å². The quantitative estimate of drug-likeness (QED) is 0.478. The third-order valence-electron chi connectivity index (χ3n) is 3.39. The molecule has 24 heavy (non-hydrogen) atoms. The van der Waals surface area contributed by atoms with E-state index in [0.29, 0.717) is 11.7 Å². The summed E-state index contributed by atoms with van der Waals surface area (Å²) >= 11 is 4.79. The summed E-state index contributed by atoms with van der Waals surface area (Å²) in [5, 5.41) is 17.5. The van der Waals surface area contributed by atoms with Crippen LogP contribution in [-0.4, -0.2) is 24.9 Å². The number of thioether (sulfide) groups is 1. The highest BCUT2D eigenvalue weighted by atomic mass is 32.2. The van der Waals surface area contributed by atoms with Crippen molar-refractivity contribution in [2.45, 2.75) is 17.3 Å². The zero-order valence-corrected chi connectivity index (χ0v) is 15.4. The lowest BCUT2D eigenvalue weighted by Gasteiger charge is -2.05. The van der Waals surface area contributed by atoms with Crippen LogP contribution in [0, 0.1) is 0 Å². The summed E-state index contributed by atoms with van der Waals surface area (Å²) in [7, 11) is 1.97. The molecular formula is C15H13N5OS3. The normalized spacial score (nSPS) is 12.6. The minimum Gasteiger partial charge on any atom is -0.338 e. The average molecular weight is 376 g/mol. The molecule has 0 saturated carbocycles. The van der Waals surface area contributed by atoms with Crippen LogP contribution in [0.25, 0.3) is 21.4 Å². The molecule has 1 unspecified atom stereocenters. The van der Waals surface area contributed by atoms with Crippen LogP contribution in [0.5, 0.6) is 0 Å². The van der Waals surface area contributed by atoms with Crippen molar-refractivity contribution in [1.82, 2.24) is 24.9 Å². The van der Waals surface area contributed by atoms with Gasteiger partial charge in [-0.3, -0.25) is 0 Å². The lowest BCUT2D eigenvalue weighted by atomic mass is 10.4. The first-order chi connectivity index (χ1) is 11.7. The van der Waals surface area contributed by atoms with E-state index in [-0.39, 0.29) is 5.25 Å². The fourth-order valence-electron chi connectivity index (χ4n) is 2.15. The smallest absolute Gasteiger partial charge is 0.240 e. The highest BCUT2D eigenvalue weighted by Gasteiger charge is 2.20. The maximum absolute atomic E-state index is 5.41. The molecule has 0 spiro atoms. The molecule has 4 aromatic rings. The van der Waals surface area contributed by atoms with E-state index in [0.717, 1.165) is 20.7 Å². The molecule has 0 aliphatic heterocycles. The first-order valence-corrected chi connectivity index (χ1v) is 9.83. The number of hydrogen-bond acceptors (Lipinski definition) is 8. The molecule has 0 radical (unpaired) electrons. The number of rotatable bonds is 5. The van der Waals surface area contributed by atoms with Crippen LogP contribution >= 0.6 is 34.4 Å². The predicted molar refractivity (Wildman–Crippen MR) is 96.2 cm³/mol. The molecule has 0 N–H and O–H groups in total. The average Bonchev–Trinajstić information content (AvgIpc) is 3.36. The van der Waals surface area contributed by atoms with Crippen molar-refractivity contribution in [3.8, 4) is 21.4 Å². The van der Waals surface area contributed by atoms with E-state index in [9.17, 15) is 0 Å². The van der Waals surface area contributed by atoms with Crippen LogP contribution in [0.3, 0.4) is 0 Å². The summed E-state index contributed by atoms with van der Waals surface area (Å²) in [6.07, 6.45) is 0. The third kappa shape index (κ3) is 2.90. The van der Waals surface area contributed by atoms with Crippen LogP contribution in [0.2, 0.25) is 0 Å². The van der Waals surface area contributed by atoms with Crippen LogP contribution < -0.4 is 0 Å². The summed E-state index contributed by atoms with van der Waals surface area (Å²) in [5.74, 6) is 2.08. The van der Waals surface area contributed by atoms with Gasteiger partial charge in [0.05, 0.1) is 15.0 Å². The van der Waals surface area contributed by atoms with Gasteiger partial charge in [-0.05, 0) is 29.8 Å². The molecule has 4 aromatic heterocycles. The van der Waals surface area contributed by atoms with Crippen molar-refractivity contribution in [2.24, 2.45) is 7.05 Å². The van der Waals surface area contributed by atoms with Gasteiger partial charge in [0, 0.05) is 7.05 Å². The predicted octanol–water partition coefficient (Wildman–Crippen LogP) is 4.51. The largest absolute Gasteiger partial charge is 0.338 e. The van der Waals surface area contributed by atoms with Crippen LogP contribution in [0.4, 0.5) is 0 Å². The fourth-order valence-corrected chi connectivity index (χ4v) is 4.39. The van der Waals surface area contributed by atoms with Gasteiger partial charge in [0.15, 0.2) is 11.0 Å². The highest BCUT2D eigenvalue weighted by Crippen LogP contribution is 2.35. The van der Waals surface area contributed by atoms with Crippen molar-refractivity contribution in [2.75, 3.05) is 0 Å². The van der Waals surface area contributed by atoms with Crippen molar-refractivity contribution < 1.29 is 4.52 Å². The monoisotopic (exact) mass is 375 g/mol. The molecule has 122 valence electrons. The Morgan fingerprint density at radius 2 is 1.88 bits per heavy atom. The molecule has 6 nitrogen and oxygen atoms in total. The number of thiophene rings is 2. The topological polar surface area (TPSA) is 69.6 Å². The van der Waals surface area contributed by atoms with Crippen LogP contribution in [-0.2, 0) is 7.05 Å². The molecule has 4 heterocycles. The Kier molecular flexibility index (Phi) is 4.21.